The minimum Gasteiger partial charge on any atom is -0.741 e. The van der Waals surface area contributed by atoms with Gasteiger partial charge in [0.05, 0.1) is 28.7 Å². The van der Waals surface area contributed by atoms with Crippen molar-refractivity contribution in [3.05, 3.63) is 83.9 Å². The number of alkyl halides is 3. The summed E-state index contributed by atoms with van der Waals surface area (Å²) in [5, 5.41) is 3.68. The Morgan fingerprint density at radius 3 is 1.91 bits per heavy atom. The first-order valence-corrected chi connectivity index (χ1v) is 14.2. The molecule has 1 aromatic heterocycles. The Balaban J connectivity index is 0.000000488. The average Bonchev–Trinajstić information content (AvgIpc) is 3.28. The first-order valence-electron chi connectivity index (χ1n) is 12.8. The zero-order valence-corrected chi connectivity index (χ0v) is 23.8. The number of aromatic nitrogens is 1. The van der Waals surface area contributed by atoms with Gasteiger partial charge in [0, 0.05) is 12.1 Å². The number of carbonyl (C=O) groups is 4. The summed E-state index contributed by atoms with van der Waals surface area (Å²) in [5.41, 5.74) is -2.74. The van der Waals surface area contributed by atoms with Crippen LogP contribution in [0.3, 0.4) is 0 Å². The van der Waals surface area contributed by atoms with Gasteiger partial charge in [-0.25, -0.2) is 13.2 Å². The molecule has 1 aliphatic heterocycles. The number of halogens is 3. The second kappa shape index (κ2) is 12.4. The van der Waals surface area contributed by atoms with E-state index in [9.17, 15) is 32.3 Å². The number of amides is 2. The Hall–Kier alpha value is -4.89. The number of fused-ring (bicyclic) bond motifs is 2. The molecular weight excluding hydrogens is 609 g/mol. The van der Waals surface area contributed by atoms with E-state index >= 15 is 0 Å². The smallest absolute Gasteiger partial charge is 0.485 e. The molecule has 1 fully saturated rings. The molecule has 11 nitrogen and oxygen atoms in total. The summed E-state index contributed by atoms with van der Waals surface area (Å²) in [6.07, 6.45) is -1.28. The minimum absolute atomic E-state index is 0.174. The van der Waals surface area contributed by atoms with Crippen LogP contribution in [0, 0.1) is 0 Å². The van der Waals surface area contributed by atoms with Crippen LogP contribution in [0.15, 0.2) is 72.8 Å². The van der Waals surface area contributed by atoms with Gasteiger partial charge >= 0.3 is 17.4 Å². The molecule has 2 heterocycles. The number of aryl methyl sites for hydroxylation is 1. The molecule has 44 heavy (non-hydrogen) atoms. The number of benzene rings is 3. The third-order valence-corrected chi connectivity index (χ3v) is 7.25. The van der Waals surface area contributed by atoms with Crippen molar-refractivity contribution >= 4 is 55.7 Å². The van der Waals surface area contributed by atoms with Gasteiger partial charge in [0.25, 0.3) is 5.91 Å². The predicted molar refractivity (Wildman–Crippen MR) is 146 cm³/mol. The number of pyridine rings is 1. The van der Waals surface area contributed by atoms with E-state index in [1.54, 1.807) is 31.2 Å². The molecule has 0 radical (unpaired) electrons. The first kappa shape index (κ1) is 32.0. The maximum atomic E-state index is 13.4. The van der Waals surface area contributed by atoms with Crippen LogP contribution in [-0.4, -0.2) is 48.3 Å². The second-order valence-electron chi connectivity index (χ2n) is 9.59. The standard InChI is InChI=1S/C28H22N2O6.CHF3O3S/c1-16(27(33)36-23-15-24(31)29-26(23)32)17-11-13-18(14-12-17)35-28(34)25-19-7-3-5-9-21(19)30(2)22-10-6-4-8-20(22)25;2-1(3,4)8(5,6)7/h3-14,16,23H,15H2,1-2H3;(H,5,6,7). The number of carbonyl (C=O) groups excluding carboxylic acids is 4. The molecule has 0 aliphatic carbocycles. The fraction of sp³-hybridized carbons (Fsp3) is 0.207. The van der Waals surface area contributed by atoms with Crippen molar-refractivity contribution in [2.24, 2.45) is 7.05 Å². The number of hydrogen-bond donors (Lipinski definition) is 1. The Labute approximate surface area is 247 Å². The summed E-state index contributed by atoms with van der Waals surface area (Å²) < 4.78 is 71.9. The molecule has 0 spiro atoms. The lowest BCUT2D eigenvalue weighted by Gasteiger charge is -2.15. The Morgan fingerprint density at radius 2 is 1.45 bits per heavy atom. The second-order valence-corrected chi connectivity index (χ2v) is 11.0. The van der Waals surface area contributed by atoms with Crippen molar-refractivity contribution < 1.29 is 59.4 Å². The van der Waals surface area contributed by atoms with Crippen LogP contribution in [0.4, 0.5) is 13.2 Å². The van der Waals surface area contributed by atoms with Gasteiger partial charge < -0.3 is 14.0 Å². The van der Waals surface area contributed by atoms with Crippen LogP contribution < -0.4 is 14.6 Å². The third-order valence-electron chi connectivity index (χ3n) is 6.69. The lowest BCUT2D eigenvalue weighted by molar-refractivity contribution is -0.617. The molecule has 15 heteroatoms. The molecule has 5 rings (SSSR count). The van der Waals surface area contributed by atoms with Gasteiger partial charge in [-0.2, -0.15) is 17.7 Å². The van der Waals surface area contributed by atoms with Gasteiger partial charge in [-0.3, -0.25) is 19.7 Å². The van der Waals surface area contributed by atoms with Gasteiger partial charge in [-0.05, 0) is 36.8 Å². The lowest BCUT2D eigenvalue weighted by atomic mass is 10.0. The van der Waals surface area contributed by atoms with Crippen molar-refractivity contribution in [3.63, 3.8) is 0 Å². The highest BCUT2D eigenvalue weighted by atomic mass is 32.2. The summed E-state index contributed by atoms with van der Waals surface area (Å²) in [4.78, 5) is 48.8. The molecule has 0 bridgehead atoms. The molecule has 2 amide bonds. The predicted octanol–water partition coefficient (Wildman–Crippen LogP) is 3.15. The zero-order valence-electron chi connectivity index (χ0n) is 23.0. The SMILES string of the molecule is CC(C(=O)OC1CC(=O)NC1=O)c1ccc(OC(=O)c2c3ccccc3[n+](C)c3ccccc23)cc1.O=S(=O)([O-])C(F)(F)F. The number of esters is 2. The fourth-order valence-electron chi connectivity index (χ4n) is 4.44. The third kappa shape index (κ3) is 6.84. The number of para-hydroxylation sites is 2. The monoisotopic (exact) mass is 632 g/mol. The van der Waals surface area contributed by atoms with Crippen molar-refractivity contribution in [1.82, 2.24) is 5.32 Å². The maximum absolute atomic E-state index is 13.4. The quantitative estimate of drug-likeness (QED) is 0.0663. The number of hydrogen-bond acceptors (Lipinski definition) is 9. The van der Waals surface area contributed by atoms with Gasteiger partial charge in [0.1, 0.15) is 12.8 Å². The van der Waals surface area contributed by atoms with Crippen LogP contribution in [-0.2, 0) is 36.3 Å². The molecule has 0 saturated carbocycles. The zero-order chi connectivity index (χ0) is 32.4. The van der Waals surface area contributed by atoms with Gasteiger partial charge in [0.2, 0.25) is 16.9 Å². The van der Waals surface area contributed by atoms with Gasteiger partial charge in [-0.15, -0.1) is 0 Å². The van der Waals surface area contributed by atoms with Crippen LogP contribution in [0.2, 0.25) is 0 Å². The summed E-state index contributed by atoms with van der Waals surface area (Å²) in [7, 11) is -4.13. The molecule has 1 aliphatic rings. The van der Waals surface area contributed by atoms with Crippen molar-refractivity contribution in [2.75, 3.05) is 0 Å². The Kier molecular flexibility index (Phi) is 9.01. The normalized spacial score (nSPS) is 15.7. The van der Waals surface area contributed by atoms with E-state index in [1.807, 2.05) is 60.1 Å². The maximum Gasteiger partial charge on any atom is 0.485 e. The van der Waals surface area contributed by atoms with Crippen molar-refractivity contribution in [2.45, 2.75) is 30.9 Å². The highest BCUT2D eigenvalue weighted by Gasteiger charge is 2.37. The minimum atomic E-state index is -6.09. The summed E-state index contributed by atoms with van der Waals surface area (Å²) in [6.45, 7) is 1.64. The molecule has 230 valence electrons. The highest BCUT2D eigenvalue weighted by molar-refractivity contribution is 7.86. The topological polar surface area (TPSA) is 160 Å². The molecule has 4 aromatic rings. The van der Waals surface area contributed by atoms with Gasteiger partial charge in [-0.1, -0.05) is 36.4 Å². The summed E-state index contributed by atoms with van der Waals surface area (Å²) in [5.74, 6) is -2.54. The van der Waals surface area contributed by atoms with E-state index in [0.717, 1.165) is 21.8 Å². The van der Waals surface area contributed by atoms with Crippen LogP contribution >= 0.6 is 0 Å². The summed E-state index contributed by atoms with van der Waals surface area (Å²) in [6, 6.07) is 21.9. The largest absolute Gasteiger partial charge is 0.741 e. The summed E-state index contributed by atoms with van der Waals surface area (Å²) >= 11 is 0. The van der Waals surface area contributed by atoms with E-state index in [-0.39, 0.29) is 6.42 Å². The van der Waals surface area contributed by atoms with Crippen LogP contribution in [0.25, 0.3) is 21.8 Å². The fourth-order valence-corrected chi connectivity index (χ4v) is 4.44. The highest BCUT2D eigenvalue weighted by Crippen LogP contribution is 2.27. The number of nitrogens with zero attached hydrogens (tertiary/aromatic N) is 1. The van der Waals surface area contributed by atoms with E-state index in [0.29, 0.717) is 16.9 Å². The van der Waals surface area contributed by atoms with Crippen LogP contribution in [0.5, 0.6) is 5.75 Å². The van der Waals surface area contributed by atoms with E-state index in [1.165, 1.54) is 0 Å². The Bertz CT molecular complexity index is 1840. The molecular formula is C29H23F3N2O9S. The van der Waals surface area contributed by atoms with Crippen molar-refractivity contribution in [3.8, 4) is 5.75 Å². The van der Waals surface area contributed by atoms with E-state index in [4.69, 9.17) is 22.4 Å². The van der Waals surface area contributed by atoms with Crippen molar-refractivity contribution in [1.29, 1.82) is 0 Å². The number of ether oxygens (including phenoxy) is 2. The molecule has 1 N–H and O–H groups in total. The number of rotatable bonds is 5. The lowest BCUT2D eigenvalue weighted by Crippen LogP contribution is -2.31. The van der Waals surface area contributed by atoms with Gasteiger partial charge in [0.15, 0.2) is 16.2 Å². The number of imide groups is 1. The molecule has 1 saturated heterocycles. The number of nitrogens with one attached hydrogen (secondary N) is 1. The molecule has 3 aromatic carbocycles. The molecule has 2 unspecified atom stereocenters. The molecule has 2 atom stereocenters. The van der Waals surface area contributed by atoms with Crippen LogP contribution in [0.1, 0.15) is 35.2 Å². The average molecular weight is 633 g/mol. The van der Waals surface area contributed by atoms with E-state index in [2.05, 4.69) is 5.32 Å². The Morgan fingerprint density at radius 1 is 0.955 bits per heavy atom. The first-order chi connectivity index (χ1) is 20.6. The van der Waals surface area contributed by atoms with E-state index < -0.39 is 51.4 Å².